The Hall–Kier alpha value is -2.32. The molecule has 1 saturated heterocycles. The Balaban J connectivity index is 1.74. The predicted molar refractivity (Wildman–Crippen MR) is 126 cm³/mol. The van der Waals surface area contributed by atoms with Gasteiger partial charge < -0.3 is 20.3 Å². The quantitative estimate of drug-likeness (QED) is 0.513. The zero-order chi connectivity index (χ0) is 22.4. The molecule has 31 heavy (non-hydrogen) atoms. The molecule has 2 atom stereocenters. The van der Waals surface area contributed by atoms with Crippen molar-refractivity contribution in [3.8, 4) is 0 Å². The van der Waals surface area contributed by atoms with Crippen molar-refractivity contribution in [2.45, 2.75) is 56.5 Å². The molecule has 0 spiro atoms. The van der Waals surface area contributed by atoms with E-state index >= 15 is 0 Å². The maximum Gasteiger partial charge on any atom is 0.410 e. The lowest BCUT2D eigenvalue weighted by molar-refractivity contribution is 0.0175. The molecular weight excluding hydrogens is 410 g/mol. The SMILES string of the molecule is CNc1nc(SC)ncc1CNC1CCN(C(=O)OC(C)(C)C)CC1c1ccccc1. The second kappa shape index (κ2) is 10.3. The van der Waals surface area contributed by atoms with Crippen molar-refractivity contribution in [1.29, 1.82) is 0 Å². The monoisotopic (exact) mass is 443 g/mol. The number of ether oxygens (including phenoxy) is 1. The van der Waals surface area contributed by atoms with Gasteiger partial charge in [0.1, 0.15) is 11.4 Å². The Morgan fingerprint density at radius 1 is 1.29 bits per heavy atom. The van der Waals surface area contributed by atoms with Crippen molar-refractivity contribution in [3.63, 3.8) is 0 Å². The fourth-order valence-electron chi connectivity index (χ4n) is 3.80. The topological polar surface area (TPSA) is 79.4 Å². The number of benzene rings is 1. The number of carbonyl (C=O) groups excluding carboxylic acids is 1. The van der Waals surface area contributed by atoms with E-state index in [9.17, 15) is 4.79 Å². The molecule has 7 nitrogen and oxygen atoms in total. The van der Waals surface area contributed by atoms with Crippen LogP contribution in [-0.2, 0) is 11.3 Å². The number of amides is 1. The maximum atomic E-state index is 12.7. The fourth-order valence-corrected chi connectivity index (χ4v) is 4.14. The number of piperidine rings is 1. The normalized spacial score (nSPS) is 19.2. The predicted octanol–water partition coefficient (Wildman–Crippen LogP) is 4.12. The molecular formula is C23H33N5O2S. The van der Waals surface area contributed by atoms with Crippen molar-refractivity contribution in [2.24, 2.45) is 0 Å². The molecule has 0 saturated carbocycles. The number of hydrogen-bond donors (Lipinski definition) is 2. The molecule has 2 heterocycles. The largest absolute Gasteiger partial charge is 0.444 e. The van der Waals surface area contributed by atoms with Crippen molar-refractivity contribution >= 4 is 23.7 Å². The molecule has 0 radical (unpaired) electrons. The van der Waals surface area contributed by atoms with E-state index in [1.165, 1.54) is 17.3 Å². The van der Waals surface area contributed by atoms with Crippen molar-refractivity contribution in [1.82, 2.24) is 20.2 Å². The van der Waals surface area contributed by atoms with E-state index in [1.54, 1.807) is 0 Å². The van der Waals surface area contributed by atoms with Crippen LogP contribution >= 0.6 is 11.8 Å². The van der Waals surface area contributed by atoms with Crippen molar-refractivity contribution in [3.05, 3.63) is 47.7 Å². The summed E-state index contributed by atoms with van der Waals surface area (Å²) in [6, 6.07) is 10.6. The van der Waals surface area contributed by atoms with Gasteiger partial charge in [0, 0.05) is 50.4 Å². The van der Waals surface area contributed by atoms with E-state index in [2.05, 4.69) is 32.7 Å². The minimum absolute atomic E-state index is 0.173. The summed E-state index contributed by atoms with van der Waals surface area (Å²) in [4.78, 5) is 23.5. The Morgan fingerprint density at radius 2 is 2.03 bits per heavy atom. The second-order valence-corrected chi connectivity index (χ2v) is 9.47. The summed E-state index contributed by atoms with van der Waals surface area (Å²) in [6.07, 6.45) is 4.45. The zero-order valence-corrected chi connectivity index (χ0v) is 19.8. The number of hydrogen-bond acceptors (Lipinski definition) is 7. The minimum atomic E-state index is -0.499. The molecule has 1 aromatic heterocycles. The molecule has 0 bridgehead atoms. The van der Waals surface area contributed by atoms with Gasteiger partial charge in [0.2, 0.25) is 0 Å². The molecule has 1 aliphatic rings. The molecule has 8 heteroatoms. The molecule has 168 valence electrons. The van der Waals surface area contributed by atoms with Gasteiger partial charge in [-0.05, 0) is 39.0 Å². The number of thioether (sulfide) groups is 1. The van der Waals surface area contributed by atoms with E-state index in [4.69, 9.17) is 4.74 Å². The van der Waals surface area contributed by atoms with E-state index in [1.807, 2.05) is 63.4 Å². The van der Waals surface area contributed by atoms with Gasteiger partial charge in [0.05, 0.1) is 0 Å². The van der Waals surface area contributed by atoms with Gasteiger partial charge in [-0.3, -0.25) is 0 Å². The molecule has 2 aromatic rings. The lowest BCUT2D eigenvalue weighted by Gasteiger charge is -2.39. The standard InChI is InChI=1S/C23H33N5O2S/c1-23(2,3)30-22(29)28-12-11-19(18(15-28)16-9-7-6-8-10-16)25-13-17-14-26-21(31-5)27-20(17)24-4/h6-10,14,18-19,25H,11-13,15H2,1-5H3,(H,24,26,27). The lowest BCUT2D eigenvalue weighted by Crippen LogP contribution is -2.50. The van der Waals surface area contributed by atoms with Crippen molar-refractivity contribution < 1.29 is 9.53 Å². The van der Waals surface area contributed by atoms with Crippen LogP contribution in [0.5, 0.6) is 0 Å². The number of nitrogens with one attached hydrogen (secondary N) is 2. The molecule has 0 aliphatic carbocycles. The molecule has 2 N–H and O–H groups in total. The van der Waals surface area contributed by atoms with E-state index < -0.39 is 5.60 Å². The van der Waals surface area contributed by atoms with Crippen LogP contribution in [0.15, 0.2) is 41.7 Å². The summed E-state index contributed by atoms with van der Waals surface area (Å²) in [5, 5.41) is 7.62. The summed E-state index contributed by atoms with van der Waals surface area (Å²) in [7, 11) is 1.88. The third kappa shape index (κ3) is 6.33. The molecule has 1 amide bonds. The van der Waals surface area contributed by atoms with Gasteiger partial charge in [-0.25, -0.2) is 14.8 Å². The third-order valence-electron chi connectivity index (χ3n) is 5.31. The zero-order valence-electron chi connectivity index (χ0n) is 19.0. The van der Waals surface area contributed by atoms with Gasteiger partial charge in [-0.15, -0.1) is 0 Å². The Kier molecular flexibility index (Phi) is 7.78. The van der Waals surface area contributed by atoms with Crippen LogP contribution in [-0.4, -0.2) is 59.0 Å². The van der Waals surface area contributed by atoms with Crippen molar-refractivity contribution in [2.75, 3.05) is 31.7 Å². The Morgan fingerprint density at radius 3 is 2.68 bits per heavy atom. The van der Waals surface area contributed by atoms with Gasteiger partial charge in [-0.2, -0.15) is 0 Å². The first-order chi connectivity index (χ1) is 14.8. The first-order valence-electron chi connectivity index (χ1n) is 10.6. The van der Waals surface area contributed by atoms with Crippen LogP contribution in [0, 0.1) is 0 Å². The highest BCUT2D eigenvalue weighted by molar-refractivity contribution is 7.98. The van der Waals surface area contributed by atoms with Gasteiger partial charge in [0.25, 0.3) is 0 Å². The lowest BCUT2D eigenvalue weighted by atomic mass is 9.86. The number of likely N-dealkylation sites (tertiary alicyclic amines) is 1. The van der Waals surface area contributed by atoms with Crippen LogP contribution in [0.2, 0.25) is 0 Å². The van der Waals surface area contributed by atoms with E-state index in [-0.39, 0.29) is 18.1 Å². The Bertz CT molecular complexity index is 872. The molecule has 2 unspecified atom stereocenters. The molecule has 1 fully saturated rings. The number of nitrogens with zero attached hydrogens (tertiary/aromatic N) is 3. The van der Waals surface area contributed by atoms with Crippen LogP contribution in [0.4, 0.5) is 10.6 Å². The van der Waals surface area contributed by atoms with Gasteiger partial charge in [-0.1, -0.05) is 42.1 Å². The second-order valence-electron chi connectivity index (χ2n) is 8.70. The summed E-state index contributed by atoms with van der Waals surface area (Å²) >= 11 is 1.53. The highest BCUT2D eigenvalue weighted by Crippen LogP contribution is 2.29. The number of rotatable bonds is 6. The summed E-state index contributed by atoms with van der Waals surface area (Å²) in [6.45, 7) is 7.65. The van der Waals surface area contributed by atoms with E-state index in [0.717, 1.165) is 23.0 Å². The highest BCUT2D eigenvalue weighted by Gasteiger charge is 2.34. The van der Waals surface area contributed by atoms with Crippen LogP contribution < -0.4 is 10.6 Å². The number of anilines is 1. The average Bonchev–Trinajstić information content (AvgIpc) is 2.76. The van der Waals surface area contributed by atoms with Gasteiger partial charge in [0.15, 0.2) is 5.16 Å². The van der Waals surface area contributed by atoms with Crippen LogP contribution in [0.1, 0.15) is 44.2 Å². The van der Waals surface area contributed by atoms with Crippen LogP contribution in [0.3, 0.4) is 0 Å². The molecule has 3 rings (SSSR count). The van der Waals surface area contributed by atoms with Crippen LogP contribution in [0.25, 0.3) is 0 Å². The molecule has 1 aliphatic heterocycles. The first-order valence-corrected chi connectivity index (χ1v) is 11.9. The number of aromatic nitrogens is 2. The summed E-state index contributed by atoms with van der Waals surface area (Å²) in [5.41, 5.74) is 1.75. The van der Waals surface area contributed by atoms with Gasteiger partial charge >= 0.3 is 6.09 Å². The average molecular weight is 444 g/mol. The summed E-state index contributed by atoms with van der Waals surface area (Å²) in [5.74, 6) is 1.01. The number of carbonyl (C=O) groups is 1. The maximum absolute atomic E-state index is 12.7. The summed E-state index contributed by atoms with van der Waals surface area (Å²) < 4.78 is 5.62. The Labute approximate surface area is 189 Å². The van der Waals surface area contributed by atoms with E-state index in [0.29, 0.717) is 19.6 Å². The molecule has 1 aromatic carbocycles. The highest BCUT2D eigenvalue weighted by atomic mass is 32.2. The fraction of sp³-hybridized carbons (Fsp3) is 0.522. The first kappa shape index (κ1) is 23.3. The third-order valence-corrected chi connectivity index (χ3v) is 5.87. The minimum Gasteiger partial charge on any atom is -0.444 e. The smallest absolute Gasteiger partial charge is 0.410 e.